The maximum atomic E-state index is 12.1. The highest BCUT2D eigenvalue weighted by Crippen LogP contribution is 2.24. The van der Waals surface area contributed by atoms with Gasteiger partial charge in [-0.3, -0.25) is 4.79 Å². The van der Waals surface area contributed by atoms with E-state index in [4.69, 9.17) is 11.6 Å². The van der Waals surface area contributed by atoms with E-state index in [0.717, 1.165) is 18.1 Å². The van der Waals surface area contributed by atoms with E-state index in [2.05, 4.69) is 24.5 Å². The van der Waals surface area contributed by atoms with Gasteiger partial charge in [-0.1, -0.05) is 44.5 Å². The van der Waals surface area contributed by atoms with Crippen LogP contribution >= 0.6 is 24.0 Å². The molecule has 2 rings (SSSR count). The predicted molar refractivity (Wildman–Crippen MR) is 90.3 cm³/mol. The minimum absolute atomic E-state index is 0. The van der Waals surface area contributed by atoms with Crippen molar-refractivity contribution in [2.24, 2.45) is 11.8 Å². The van der Waals surface area contributed by atoms with Crippen LogP contribution in [0.2, 0.25) is 5.02 Å². The van der Waals surface area contributed by atoms with Crippen molar-refractivity contribution in [1.82, 2.24) is 10.6 Å². The Morgan fingerprint density at radius 1 is 1.38 bits per heavy atom. The number of hydrogen-bond donors (Lipinski definition) is 2. The maximum absolute atomic E-state index is 12.1. The highest BCUT2D eigenvalue weighted by atomic mass is 35.5. The Labute approximate surface area is 138 Å². The van der Waals surface area contributed by atoms with Crippen molar-refractivity contribution in [3.8, 4) is 0 Å². The summed E-state index contributed by atoms with van der Waals surface area (Å²) in [4.78, 5) is 12.1. The fourth-order valence-electron chi connectivity index (χ4n) is 2.35. The summed E-state index contributed by atoms with van der Waals surface area (Å²) in [6.07, 6.45) is 0. The summed E-state index contributed by atoms with van der Waals surface area (Å²) in [5, 5.41) is 7.03. The molecule has 1 fully saturated rings. The van der Waals surface area contributed by atoms with Gasteiger partial charge in [-0.2, -0.15) is 0 Å². The summed E-state index contributed by atoms with van der Waals surface area (Å²) < 4.78 is 0. The molecule has 1 aliphatic rings. The average Bonchev–Trinajstić information content (AvgIpc) is 2.34. The summed E-state index contributed by atoms with van der Waals surface area (Å²) in [6.45, 7) is 8.82. The van der Waals surface area contributed by atoms with E-state index in [-0.39, 0.29) is 29.6 Å². The van der Waals surface area contributed by atoms with Crippen molar-refractivity contribution in [3.05, 3.63) is 34.9 Å². The van der Waals surface area contributed by atoms with Crippen molar-refractivity contribution < 1.29 is 4.79 Å². The molecule has 0 saturated carbocycles. The Bertz CT molecular complexity index is 470. The molecule has 0 bridgehead atoms. The Hall–Kier alpha value is -0.770. The van der Waals surface area contributed by atoms with Gasteiger partial charge in [-0.15, -0.1) is 12.4 Å². The van der Waals surface area contributed by atoms with E-state index in [1.165, 1.54) is 5.56 Å². The van der Waals surface area contributed by atoms with Crippen LogP contribution in [0.1, 0.15) is 26.3 Å². The summed E-state index contributed by atoms with van der Waals surface area (Å²) >= 11 is 5.91. The summed E-state index contributed by atoms with van der Waals surface area (Å²) in [6, 6.07) is 7.83. The SMILES string of the molecule is CC(C(=O)NCC(C)(C)c1ccc(Cl)cc1)C1CNC1.Cl. The molecule has 0 spiro atoms. The lowest BCUT2D eigenvalue weighted by Crippen LogP contribution is -2.50. The lowest BCUT2D eigenvalue weighted by Gasteiger charge is -2.33. The van der Waals surface area contributed by atoms with Crippen LogP contribution in [-0.2, 0) is 10.2 Å². The molecule has 21 heavy (non-hydrogen) atoms. The largest absolute Gasteiger partial charge is 0.355 e. The molecule has 0 aromatic heterocycles. The van der Waals surface area contributed by atoms with Crippen molar-refractivity contribution in [2.75, 3.05) is 19.6 Å². The second-order valence-corrected chi connectivity index (χ2v) is 6.75. The van der Waals surface area contributed by atoms with Gasteiger partial charge in [-0.05, 0) is 36.7 Å². The van der Waals surface area contributed by atoms with Crippen LogP contribution in [0.4, 0.5) is 0 Å². The van der Waals surface area contributed by atoms with E-state index in [0.29, 0.717) is 12.5 Å². The van der Waals surface area contributed by atoms with E-state index >= 15 is 0 Å². The van der Waals surface area contributed by atoms with Crippen LogP contribution in [0.3, 0.4) is 0 Å². The molecule has 1 aromatic rings. The Balaban J connectivity index is 0.00000220. The first-order valence-electron chi connectivity index (χ1n) is 7.14. The Morgan fingerprint density at radius 2 is 1.95 bits per heavy atom. The molecule has 0 radical (unpaired) electrons. The van der Waals surface area contributed by atoms with Crippen LogP contribution in [0.25, 0.3) is 0 Å². The standard InChI is InChI=1S/C16H23ClN2O.ClH/c1-11(12-8-18-9-12)15(20)19-10-16(2,3)13-4-6-14(17)7-5-13;/h4-7,11-12,18H,8-10H2,1-3H3,(H,19,20);1H. The molecule has 5 heteroatoms. The topological polar surface area (TPSA) is 41.1 Å². The minimum Gasteiger partial charge on any atom is -0.355 e. The van der Waals surface area contributed by atoms with Crippen LogP contribution in [0.5, 0.6) is 0 Å². The molecule has 2 N–H and O–H groups in total. The zero-order valence-corrected chi connectivity index (χ0v) is 14.4. The fraction of sp³-hybridized carbons (Fsp3) is 0.562. The Morgan fingerprint density at radius 3 is 2.43 bits per heavy atom. The van der Waals surface area contributed by atoms with Crippen LogP contribution < -0.4 is 10.6 Å². The third-order valence-corrected chi connectivity index (χ3v) is 4.52. The molecular formula is C16H24Cl2N2O. The maximum Gasteiger partial charge on any atom is 0.223 e. The van der Waals surface area contributed by atoms with Crippen LogP contribution in [0, 0.1) is 11.8 Å². The van der Waals surface area contributed by atoms with E-state index in [1.807, 2.05) is 31.2 Å². The van der Waals surface area contributed by atoms with Crippen LogP contribution in [-0.4, -0.2) is 25.5 Å². The monoisotopic (exact) mass is 330 g/mol. The zero-order chi connectivity index (χ0) is 14.8. The lowest BCUT2D eigenvalue weighted by atomic mass is 9.84. The zero-order valence-electron chi connectivity index (χ0n) is 12.8. The van der Waals surface area contributed by atoms with Gasteiger partial charge in [0.15, 0.2) is 0 Å². The third-order valence-electron chi connectivity index (χ3n) is 4.26. The molecule has 1 aliphatic heterocycles. The smallest absolute Gasteiger partial charge is 0.223 e. The molecule has 1 atom stereocenters. The van der Waals surface area contributed by atoms with Gasteiger partial charge >= 0.3 is 0 Å². The first-order chi connectivity index (χ1) is 9.40. The first-order valence-corrected chi connectivity index (χ1v) is 7.52. The highest BCUT2D eigenvalue weighted by Gasteiger charge is 2.30. The van der Waals surface area contributed by atoms with Gasteiger partial charge in [-0.25, -0.2) is 0 Å². The second-order valence-electron chi connectivity index (χ2n) is 6.32. The number of rotatable bonds is 5. The predicted octanol–water partition coefficient (Wildman–Crippen LogP) is 3.01. The van der Waals surface area contributed by atoms with Gasteiger partial charge in [0.05, 0.1) is 0 Å². The summed E-state index contributed by atoms with van der Waals surface area (Å²) in [7, 11) is 0. The highest BCUT2D eigenvalue weighted by molar-refractivity contribution is 6.30. The van der Waals surface area contributed by atoms with E-state index in [1.54, 1.807) is 0 Å². The van der Waals surface area contributed by atoms with Crippen molar-refractivity contribution in [2.45, 2.75) is 26.2 Å². The molecule has 1 aromatic carbocycles. The molecule has 1 unspecified atom stereocenters. The summed E-state index contributed by atoms with van der Waals surface area (Å²) in [5.41, 5.74) is 1.08. The van der Waals surface area contributed by atoms with Gasteiger partial charge in [0.1, 0.15) is 0 Å². The molecule has 1 heterocycles. The quantitative estimate of drug-likeness (QED) is 0.871. The fourth-order valence-corrected chi connectivity index (χ4v) is 2.48. The van der Waals surface area contributed by atoms with Crippen LogP contribution in [0.15, 0.2) is 24.3 Å². The summed E-state index contributed by atoms with van der Waals surface area (Å²) in [5.74, 6) is 0.712. The number of halogens is 2. The molecule has 1 amide bonds. The average molecular weight is 331 g/mol. The van der Waals surface area contributed by atoms with Crippen molar-refractivity contribution in [1.29, 1.82) is 0 Å². The number of hydrogen-bond acceptors (Lipinski definition) is 2. The molecule has 1 saturated heterocycles. The molecular weight excluding hydrogens is 307 g/mol. The lowest BCUT2D eigenvalue weighted by molar-refractivity contribution is -0.126. The van der Waals surface area contributed by atoms with Gasteiger partial charge < -0.3 is 10.6 Å². The first kappa shape index (κ1) is 18.3. The number of nitrogens with one attached hydrogen (secondary N) is 2. The van der Waals surface area contributed by atoms with Gasteiger partial charge in [0, 0.05) is 22.9 Å². The molecule has 0 aliphatic carbocycles. The number of carbonyl (C=O) groups is 1. The molecule has 3 nitrogen and oxygen atoms in total. The Kier molecular flexibility index (Phi) is 6.51. The van der Waals surface area contributed by atoms with E-state index < -0.39 is 0 Å². The number of benzene rings is 1. The second kappa shape index (κ2) is 7.48. The minimum atomic E-state index is -0.0994. The number of amides is 1. The van der Waals surface area contributed by atoms with Crippen molar-refractivity contribution >= 4 is 29.9 Å². The normalized spacial score (nSPS) is 16.6. The van der Waals surface area contributed by atoms with Crippen molar-refractivity contribution in [3.63, 3.8) is 0 Å². The number of carbonyl (C=O) groups excluding carboxylic acids is 1. The van der Waals surface area contributed by atoms with Gasteiger partial charge in [0.25, 0.3) is 0 Å². The third kappa shape index (κ3) is 4.60. The van der Waals surface area contributed by atoms with Gasteiger partial charge in [0.2, 0.25) is 5.91 Å². The molecule has 118 valence electrons. The van der Waals surface area contributed by atoms with E-state index in [9.17, 15) is 4.79 Å².